The molecule has 1 N–H and O–H groups in total. The smallest absolute Gasteiger partial charge is 0.387 e. The zero-order valence-corrected chi connectivity index (χ0v) is 9.09. The minimum atomic E-state index is -2.99. The number of hydrogen-bond donors (Lipinski definition) is 1. The molecule has 1 rings (SSSR count). The normalized spacial score (nSPS) is 10.6. The van der Waals surface area contributed by atoms with Gasteiger partial charge in [-0.15, -0.1) is 0 Å². The number of alkyl halides is 2. The van der Waals surface area contributed by atoms with E-state index in [0.29, 0.717) is 5.56 Å². The summed E-state index contributed by atoms with van der Waals surface area (Å²) >= 11 is 5.75. The first kappa shape index (κ1) is 12.7. The van der Waals surface area contributed by atoms with Gasteiger partial charge in [0.1, 0.15) is 5.75 Å². The Bertz CT molecular complexity index is 407. The van der Waals surface area contributed by atoms with Gasteiger partial charge in [0.05, 0.1) is 11.4 Å². The SMILES string of the molecule is Cc1cc(CC(=O)O)c(Cl)c(OC(F)F)c1. The van der Waals surface area contributed by atoms with Crippen LogP contribution in [-0.2, 0) is 11.2 Å². The topological polar surface area (TPSA) is 46.5 Å². The lowest BCUT2D eigenvalue weighted by Crippen LogP contribution is -2.06. The van der Waals surface area contributed by atoms with Gasteiger partial charge in [-0.3, -0.25) is 4.79 Å². The van der Waals surface area contributed by atoms with Crippen molar-refractivity contribution in [2.24, 2.45) is 0 Å². The molecule has 0 saturated heterocycles. The zero-order valence-electron chi connectivity index (χ0n) is 8.34. The fourth-order valence-corrected chi connectivity index (χ4v) is 1.50. The van der Waals surface area contributed by atoms with Gasteiger partial charge in [0.15, 0.2) is 0 Å². The highest BCUT2D eigenvalue weighted by Crippen LogP contribution is 2.31. The number of carboxylic acid groups (broad SMARTS) is 1. The highest BCUT2D eigenvalue weighted by Gasteiger charge is 2.14. The van der Waals surface area contributed by atoms with Crippen LogP contribution < -0.4 is 4.74 Å². The van der Waals surface area contributed by atoms with Crippen molar-refractivity contribution in [1.82, 2.24) is 0 Å². The summed E-state index contributed by atoms with van der Waals surface area (Å²) in [6.07, 6.45) is -0.333. The Balaban J connectivity index is 3.10. The second-order valence-electron chi connectivity index (χ2n) is 3.19. The van der Waals surface area contributed by atoms with Crippen LogP contribution >= 0.6 is 11.6 Å². The molecule has 0 aromatic heterocycles. The standard InChI is InChI=1S/C10H9ClF2O3/c1-5-2-6(4-8(14)15)9(11)7(3-5)16-10(12)13/h2-3,10H,4H2,1H3,(H,14,15). The van der Waals surface area contributed by atoms with Crippen LogP contribution in [0.2, 0.25) is 5.02 Å². The van der Waals surface area contributed by atoms with E-state index in [1.54, 1.807) is 6.92 Å². The highest BCUT2D eigenvalue weighted by atomic mass is 35.5. The largest absolute Gasteiger partial charge is 0.481 e. The lowest BCUT2D eigenvalue weighted by atomic mass is 10.1. The Morgan fingerprint density at radius 3 is 2.69 bits per heavy atom. The van der Waals surface area contributed by atoms with E-state index >= 15 is 0 Å². The van der Waals surface area contributed by atoms with E-state index in [0.717, 1.165) is 0 Å². The van der Waals surface area contributed by atoms with Gasteiger partial charge in [-0.25, -0.2) is 0 Å². The molecule has 0 fully saturated rings. The highest BCUT2D eigenvalue weighted by molar-refractivity contribution is 6.33. The van der Waals surface area contributed by atoms with Crippen LogP contribution in [0.4, 0.5) is 8.78 Å². The van der Waals surface area contributed by atoms with Crippen LogP contribution in [0.1, 0.15) is 11.1 Å². The van der Waals surface area contributed by atoms with Gasteiger partial charge in [0.25, 0.3) is 0 Å². The molecule has 0 heterocycles. The number of rotatable bonds is 4. The molecule has 0 amide bonds. The Morgan fingerprint density at radius 1 is 1.56 bits per heavy atom. The van der Waals surface area contributed by atoms with Gasteiger partial charge in [0.2, 0.25) is 0 Å². The van der Waals surface area contributed by atoms with Gasteiger partial charge < -0.3 is 9.84 Å². The van der Waals surface area contributed by atoms with Gasteiger partial charge in [0, 0.05) is 0 Å². The van der Waals surface area contributed by atoms with E-state index in [2.05, 4.69) is 4.74 Å². The third kappa shape index (κ3) is 3.34. The van der Waals surface area contributed by atoms with Crippen molar-refractivity contribution in [1.29, 1.82) is 0 Å². The van der Waals surface area contributed by atoms with E-state index < -0.39 is 12.6 Å². The molecular formula is C10H9ClF2O3. The van der Waals surface area contributed by atoms with Crippen molar-refractivity contribution < 1.29 is 23.4 Å². The van der Waals surface area contributed by atoms with Crippen LogP contribution in [0.15, 0.2) is 12.1 Å². The van der Waals surface area contributed by atoms with Crippen LogP contribution in [0.5, 0.6) is 5.75 Å². The summed E-state index contributed by atoms with van der Waals surface area (Å²) in [6.45, 7) is -1.35. The maximum Gasteiger partial charge on any atom is 0.387 e. The van der Waals surface area contributed by atoms with Crippen molar-refractivity contribution in [2.45, 2.75) is 20.0 Å². The average molecular weight is 251 g/mol. The number of halogens is 3. The monoisotopic (exact) mass is 250 g/mol. The second-order valence-corrected chi connectivity index (χ2v) is 3.56. The first-order chi connectivity index (χ1) is 7.40. The number of benzene rings is 1. The van der Waals surface area contributed by atoms with E-state index in [-0.39, 0.29) is 22.8 Å². The summed E-state index contributed by atoms with van der Waals surface area (Å²) in [5.41, 5.74) is 0.862. The van der Waals surface area contributed by atoms with E-state index in [4.69, 9.17) is 16.7 Å². The maximum atomic E-state index is 12.0. The van der Waals surface area contributed by atoms with E-state index in [1.165, 1.54) is 12.1 Å². The Morgan fingerprint density at radius 2 is 2.19 bits per heavy atom. The average Bonchev–Trinajstić information content (AvgIpc) is 2.11. The second kappa shape index (κ2) is 5.12. The molecule has 0 radical (unpaired) electrons. The predicted molar refractivity (Wildman–Crippen MR) is 54.2 cm³/mol. The quantitative estimate of drug-likeness (QED) is 0.894. The van der Waals surface area contributed by atoms with Crippen molar-refractivity contribution in [3.8, 4) is 5.75 Å². The Kier molecular flexibility index (Phi) is 4.06. The van der Waals surface area contributed by atoms with E-state index in [1.807, 2.05) is 0 Å². The molecule has 16 heavy (non-hydrogen) atoms. The molecule has 0 aliphatic rings. The molecule has 1 aromatic carbocycles. The molecule has 0 saturated carbocycles. The first-order valence-corrected chi connectivity index (χ1v) is 4.73. The molecule has 1 aromatic rings. The van der Waals surface area contributed by atoms with Crippen molar-refractivity contribution in [2.75, 3.05) is 0 Å². The molecule has 6 heteroatoms. The molecule has 0 unspecified atom stereocenters. The number of aryl methyl sites for hydroxylation is 1. The Hall–Kier alpha value is -1.36. The fourth-order valence-electron chi connectivity index (χ4n) is 1.28. The van der Waals surface area contributed by atoms with Crippen LogP contribution in [0.3, 0.4) is 0 Å². The van der Waals surface area contributed by atoms with Gasteiger partial charge in [-0.2, -0.15) is 8.78 Å². The van der Waals surface area contributed by atoms with Crippen LogP contribution in [0.25, 0.3) is 0 Å². The molecule has 88 valence electrons. The summed E-state index contributed by atoms with van der Waals surface area (Å²) in [4.78, 5) is 10.5. The summed E-state index contributed by atoms with van der Waals surface area (Å²) in [5, 5.41) is 8.52. The first-order valence-electron chi connectivity index (χ1n) is 4.35. The van der Waals surface area contributed by atoms with Gasteiger partial charge in [-0.05, 0) is 24.1 Å². The maximum absolute atomic E-state index is 12.0. The fraction of sp³-hybridized carbons (Fsp3) is 0.300. The lowest BCUT2D eigenvalue weighted by Gasteiger charge is -2.10. The predicted octanol–water partition coefficient (Wildman–Crippen LogP) is 2.88. The lowest BCUT2D eigenvalue weighted by molar-refractivity contribution is -0.136. The Labute approximate surface area is 95.6 Å². The molecule has 3 nitrogen and oxygen atoms in total. The number of carbonyl (C=O) groups is 1. The number of hydrogen-bond acceptors (Lipinski definition) is 2. The molecule has 0 spiro atoms. The third-order valence-corrected chi connectivity index (χ3v) is 2.25. The summed E-state index contributed by atoms with van der Waals surface area (Å²) in [5.74, 6) is -1.29. The molecule has 0 bridgehead atoms. The van der Waals surface area contributed by atoms with E-state index in [9.17, 15) is 13.6 Å². The molecular weight excluding hydrogens is 242 g/mol. The molecule has 0 aliphatic heterocycles. The van der Waals surface area contributed by atoms with Gasteiger partial charge in [-0.1, -0.05) is 17.7 Å². The summed E-state index contributed by atoms with van der Waals surface area (Å²) < 4.78 is 28.2. The van der Waals surface area contributed by atoms with Crippen molar-refractivity contribution >= 4 is 17.6 Å². The number of ether oxygens (including phenoxy) is 1. The van der Waals surface area contributed by atoms with Crippen LogP contribution in [-0.4, -0.2) is 17.7 Å². The van der Waals surface area contributed by atoms with Crippen molar-refractivity contribution in [3.63, 3.8) is 0 Å². The summed E-state index contributed by atoms with van der Waals surface area (Å²) in [6, 6.07) is 2.86. The molecule has 0 aliphatic carbocycles. The van der Waals surface area contributed by atoms with Gasteiger partial charge >= 0.3 is 12.6 Å². The molecule has 0 atom stereocenters. The van der Waals surface area contributed by atoms with Crippen molar-refractivity contribution in [3.05, 3.63) is 28.3 Å². The minimum absolute atomic E-state index is 0.0895. The zero-order chi connectivity index (χ0) is 12.3. The summed E-state index contributed by atoms with van der Waals surface area (Å²) in [7, 11) is 0. The number of aliphatic carboxylic acids is 1. The third-order valence-electron chi connectivity index (χ3n) is 1.82. The number of carboxylic acids is 1. The van der Waals surface area contributed by atoms with Crippen LogP contribution in [0, 0.1) is 6.92 Å². The minimum Gasteiger partial charge on any atom is -0.481 e.